The lowest BCUT2D eigenvalue weighted by atomic mass is 9.90. The van der Waals surface area contributed by atoms with E-state index in [0.29, 0.717) is 5.33 Å². The summed E-state index contributed by atoms with van der Waals surface area (Å²) in [7, 11) is 0. The Morgan fingerprint density at radius 2 is 1.89 bits per heavy atom. The lowest BCUT2D eigenvalue weighted by Crippen LogP contribution is -2.39. The standard InChI is InChI=1S/C15H20BrNO/c1-12-2-4-13(5-3-12)10-14-6-8-17(9-7-14)15(18)11-16/h2-5,14H,6-11H2,1H3. The topological polar surface area (TPSA) is 20.3 Å². The van der Waals surface area contributed by atoms with E-state index in [0.717, 1.165) is 38.3 Å². The van der Waals surface area contributed by atoms with Crippen LogP contribution in [0.3, 0.4) is 0 Å². The molecule has 0 saturated carbocycles. The quantitative estimate of drug-likeness (QED) is 0.785. The van der Waals surface area contributed by atoms with E-state index < -0.39 is 0 Å². The van der Waals surface area contributed by atoms with Crippen molar-refractivity contribution in [2.75, 3.05) is 18.4 Å². The van der Waals surface area contributed by atoms with Gasteiger partial charge in [0.05, 0.1) is 5.33 Å². The van der Waals surface area contributed by atoms with Crippen molar-refractivity contribution in [2.24, 2.45) is 5.92 Å². The molecular weight excluding hydrogens is 290 g/mol. The molecule has 0 aliphatic carbocycles. The molecule has 0 radical (unpaired) electrons. The first-order valence-electron chi connectivity index (χ1n) is 6.58. The number of amides is 1. The van der Waals surface area contributed by atoms with Crippen LogP contribution < -0.4 is 0 Å². The fourth-order valence-electron chi connectivity index (χ4n) is 2.53. The van der Waals surface area contributed by atoms with E-state index >= 15 is 0 Å². The number of carbonyl (C=O) groups excluding carboxylic acids is 1. The first kappa shape index (κ1) is 13.6. The molecule has 18 heavy (non-hydrogen) atoms. The molecule has 0 atom stereocenters. The molecule has 1 amide bonds. The second-order valence-electron chi connectivity index (χ2n) is 5.15. The molecule has 1 aliphatic rings. The lowest BCUT2D eigenvalue weighted by Gasteiger charge is -2.31. The van der Waals surface area contributed by atoms with Gasteiger partial charge in [0.15, 0.2) is 0 Å². The predicted molar refractivity (Wildman–Crippen MR) is 78.0 cm³/mol. The van der Waals surface area contributed by atoms with Gasteiger partial charge in [-0.3, -0.25) is 4.79 Å². The Morgan fingerprint density at radius 3 is 2.44 bits per heavy atom. The highest BCUT2D eigenvalue weighted by Crippen LogP contribution is 2.22. The Morgan fingerprint density at radius 1 is 1.28 bits per heavy atom. The molecule has 0 N–H and O–H groups in total. The van der Waals surface area contributed by atoms with E-state index in [2.05, 4.69) is 47.1 Å². The number of hydrogen-bond acceptors (Lipinski definition) is 1. The normalized spacial score (nSPS) is 16.9. The van der Waals surface area contributed by atoms with Crippen molar-refractivity contribution < 1.29 is 4.79 Å². The molecule has 1 aromatic rings. The molecule has 2 rings (SSSR count). The summed E-state index contributed by atoms with van der Waals surface area (Å²) in [5.41, 5.74) is 2.74. The van der Waals surface area contributed by atoms with Crippen LogP contribution >= 0.6 is 15.9 Å². The van der Waals surface area contributed by atoms with Gasteiger partial charge >= 0.3 is 0 Å². The number of aryl methyl sites for hydroxylation is 1. The molecule has 1 aromatic carbocycles. The zero-order chi connectivity index (χ0) is 13.0. The SMILES string of the molecule is Cc1ccc(CC2CCN(C(=O)CBr)CC2)cc1. The number of rotatable bonds is 3. The van der Waals surface area contributed by atoms with Gasteiger partial charge in [-0.05, 0) is 37.7 Å². The molecule has 98 valence electrons. The minimum Gasteiger partial charge on any atom is -0.342 e. The second-order valence-corrected chi connectivity index (χ2v) is 5.71. The van der Waals surface area contributed by atoms with Crippen LogP contribution in [0.5, 0.6) is 0 Å². The van der Waals surface area contributed by atoms with Crippen molar-refractivity contribution >= 4 is 21.8 Å². The number of halogens is 1. The number of nitrogens with zero attached hydrogens (tertiary/aromatic N) is 1. The number of alkyl halides is 1. The summed E-state index contributed by atoms with van der Waals surface area (Å²) < 4.78 is 0. The van der Waals surface area contributed by atoms with Gasteiger partial charge in [0.1, 0.15) is 0 Å². The highest BCUT2D eigenvalue weighted by Gasteiger charge is 2.21. The second kappa shape index (κ2) is 6.37. The Bertz CT molecular complexity index is 393. The summed E-state index contributed by atoms with van der Waals surface area (Å²) in [5.74, 6) is 0.955. The third kappa shape index (κ3) is 3.58. The minimum absolute atomic E-state index is 0.226. The van der Waals surface area contributed by atoms with Crippen LogP contribution in [0, 0.1) is 12.8 Å². The predicted octanol–water partition coefficient (Wildman–Crippen LogP) is 3.17. The summed E-state index contributed by atoms with van der Waals surface area (Å²) in [6, 6.07) is 8.81. The van der Waals surface area contributed by atoms with Gasteiger partial charge in [-0.25, -0.2) is 0 Å². The molecule has 0 aromatic heterocycles. The molecule has 0 unspecified atom stereocenters. The summed E-state index contributed by atoms with van der Waals surface area (Å²) in [4.78, 5) is 13.5. The maximum Gasteiger partial charge on any atom is 0.233 e. The summed E-state index contributed by atoms with van der Waals surface area (Å²) >= 11 is 3.23. The number of carbonyl (C=O) groups is 1. The zero-order valence-corrected chi connectivity index (χ0v) is 12.4. The van der Waals surface area contributed by atoms with Gasteiger partial charge in [0.2, 0.25) is 5.91 Å². The van der Waals surface area contributed by atoms with E-state index in [1.54, 1.807) is 0 Å². The smallest absolute Gasteiger partial charge is 0.233 e. The van der Waals surface area contributed by atoms with Crippen LogP contribution in [0.4, 0.5) is 0 Å². The van der Waals surface area contributed by atoms with E-state index in [-0.39, 0.29) is 5.91 Å². The van der Waals surface area contributed by atoms with Crippen molar-refractivity contribution in [3.8, 4) is 0 Å². The van der Waals surface area contributed by atoms with Gasteiger partial charge in [-0.15, -0.1) is 0 Å². The fraction of sp³-hybridized carbons (Fsp3) is 0.533. The molecule has 1 aliphatic heterocycles. The molecular formula is C15H20BrNO. The van der Waals surface area contributed by atoms with Crippen LogP contribution in [-0.4, -0.2) is 29.2 Å². The Labute approximate surface area is 117 Å². The van der Waals surface area contributed by atoms with Gasteiger partial charge in [-0.2, -0.15) is 0 Å². The Kier molecular flexibility index (Phi) is 4.81. The van der Waals surface area contributed by atoms with Crippen LogP contribution in [-0.2, 0) is 11.2 Å². The molecule has 1 saturated heterocycles. The fourth-order valence-corrected chi connectivity index (χ4v) is 2.88. The van der Waals surface area contributed by atoms with E-state index in [4.69, 9.17) is 0 Å². The highest BCUT2D eigenvalue weighted by molar-refractivity contribution is 9.09. The third-order valence-electron chi connectivity index (χ3n) is 3.73. The van der Waals surface area contributed by atoms with Crippen molar-refractivity contribution in [3.05, 3.63) is 35.4 Å². The van der Waals surface area contributed by atoms with Crippen molar-refractivity contribution in [2.45, 2.75) is 26.2 Å². The number of benzene rings is 1. The first-order chi connectivity index (χ1) is 8.69. The largest absolute Gasteiger partial charge is 0.342 e. The first-order valence-corrected chi connectivity index (χ1v) is 7.70. The van der Waals surface area contributed by atoms with Crippen molar-refractivity contribution in [1.29, 1.82) is 0 Å². The molecule has 0 bridgehead atoms. The Hall–Kier alpha value is -0.830. The van der Waals surface area contributed by atoms with E-state index in [1.807, 2.05) is 4.90 Å². The van der Waals surface area contributed by atoms with Crippen molar-refractivity contribution in [3.63, 3.8) is 0 Å². The molecule has 2 nitrogen and oxygen atoms in total. The van der Waals surface area contributed by atoms with Crippen LogP contribution in [0.2, 0.25) is 0 Å². The van der Waals surface area contributed by atoms with Gasteiger partial charge in [-0.1, -0.05) is 45.8 Å². The lowest BCUT2D eigenvalue weighted by molar-refractivity contribution is -0.129. The summed E-state index contributed by atoms with van der Waals surface area (Å²) in [5, 5.41) is 0.454. The molecule has 3 heteroatoms. The number of hydrogen-bond donors (Lipinski definition) is 0. The maximum atomic E-state index is 11.5. The van der Waals surface area contributed by atoms with Gasteiger partial charge in [0.25, 0.3) is 0 Å². The van der Waals surface area contributed by atoms with E-state index in [1.165, 1.54) is 11.1 Å². The molecule has 0 spiro atoms. The summed E-state index contributed by atoms with van der Waals surface area (Å²) in [6.45, 7) is 3.95. The van der Waals surface area contributed by atoms with Crippen LogP contribution in [0.15, 0.2) is 24.3 Å². The van der Waals surface area contributed by atoms with Gasteiger partial charge < -0.3 is 4.90 Å². The minimum atomic E-state index is 0.226. The molecule has 1 heterocycles. The maximum absolute atomic E-state index is 11.5. The molecule has 1 fully saturated rings. The third-order valence-corrected chi connectivity index (χ3v) is 4.21. The van der Waals surface area contributed by atoms with Crippen LogP contribution in [0.25, 0.3) is 0 Å². The van der Waals surface area contributed by atoms with Gasteiger partial charge in [0, 0.05) is 13.1 Å². The average Bonchev–Trinajstić information content (AvgIpc) is 2.41. The Balaban J connectivity index is 1.83. The van der Waals surface area contributed by atoms with Crippen molar-refractivity contribution in [1.82, 2.24) is 4.90 Å². The number of likely N-dealkylation sites (tertiary alicyclic amines) is 1. The average molecular weight is 310 g/mol. The van der Waals surface area contributed by atoms with E-state index in [9.17, 15) is 4.79 Å². The zero-order valence-electron chi connectivity index (χ0n) is 10.9. The monoisotopic (exact) mass is 309 g/mol. The highest BCUT2D eigenvalue weighted by atomic mass is 79.9. The summed E-state index contributed by atoms with van der Waals surface area (Å²) in [6.07, 6.45) is 3.41. The van der Waals surface area contributed by atoms with Crippen LogP contribution in [0.1, 0.15) is 24.0 Å². The number of piperidine rings is 1.